The lowest BCUT2D eigenvalue weighted by Crippen LogP contribution is -2.40. The first-order valence-corrected chi connectivity index (χ1v) is 14.0. The van der Waals surface area contributed by atoms with E-state index in [4.69, 9.17) is 25.8 Å². The van der Waals surface area contributed by atoms with E-state index in [2.05, 4.69) is 5.32 Å². The van der Waals surface area contributed by atoms with Crippen molar-refractivity contribution in [1.82, 2.24) is 4.31 Å². The summed E-state index contributed by atoms with van der Waals surface area (Å²) in [5, 5.41) is 2.97. The number of halogens is 1. The van der Waals surface area contributed by atoms with E-state index >= 15 is 0 Å². The van der Waals surface area contributed by atoms with Crippen LogP contribution in [0.25, 0.3) is 0 Å². The molecule has 1 aliphatic carbocycles. The van der Waals surface area contributed by atoms with Gasteiger partial charge in [-0.3, -0.25) is 4.79 Å². The number of aryl methyl sites for hydroxylation is 1. The summed E-state index contributed by atoms with van der Waals surface area (Å²) >= 11 is 7.44. The number of ether oxygens (including phenoxy) is 3. The van der Waals surface area contributed by atoms with Gasteiger partial charge in [0.05, 0.1) is 36.0 Å². The van der Waals surface area contributed by atoms with E-state index in [0.29, 0.717) is 10.6 Å². The van der Waals surface area contributed by atoms with E-state index in [1.165, 1.54) is 27.8 Å². The minimum absolute atomic E-state index is 0.0342. The van der Waals surface area contributed by atoms with Crippen LogP contribution in [0.4, 0.5) is 5.00 Å². The summed E-state index contributed by atoms with van der Waals surface area (Å²) in [4.78, 5) is 38.4. The van der Waals surface area contributed by atoms with Crippen LogP contribution in [0.2, 0.25) is 5.02 Å². The van der Waals surface area contributed by atoms with Crippen LogP contribution in [-0.4, -0.2) is 70.1 Å². The fourth-order valence-corrected chi connectivity index (χ4v) is 7.24. The molecule has 1 aromatic carbocycles. The van der Waals surface area contributed by atoms with Crippen molar-refractivity contribution in [1.29, 1.82) is 0 Å². The molecule has 0 radical (unpaired) electrons. The van der Waals surface area contributed by atoms with E-state index in [-0.39, 0.29) is 48.4 Å². The molecule has 4 rings (SSSR count). The van der Waals surface area contributed by atoms with Gasteiger partial charge in [0.1, 0.15) is 9.90 Å². The van der Waals surface area contributed by atoms with Crippen LogP contribution < -0.4 is 5.32 Å². The molecule has 1 saturated heterocycles. The average Bonchev–Trinajstić information content (AvgIpc) is 3.44. The summed E-state index contributed by atoms with van der Waals surface area (Å²) < 4.78 is 42.6. The fraction of sp³-hybridized carbons (Fsp3) is 0.435. The number of nitrogens with one attached hydrogen (secondary N) is 1. The van der Waals surface area contributed by atoms with Gasteiger partial charge in [-0.1, -0.05) is 11.6 Å². The number of sulfonamides is 1. The summed E-state index contributed by atoms with van der Waals surface area (Å²) in [7, 11) is -3.95. The SMILES string of the molecule is CCOC(=O)c1c(NC(=O)COC(=O)c2ccc(Cl)c(S(=O)(=O)N3CCOCC3)c2)sc2c1CCC2. The third-order valence-corrected chi connectivity index (χ3v) is 9.33. The van der Waals surface area contributed by atoms with E-state index in [0.717, 1.165) is 35.8 Å². The molecule has 10 nitrogen and oxygen atoms in total. The molecule has 13 heteroatoms. The Morgan fingerprint density at radius 2 is 1.89 bits per heavy atom. The first-order valence-electron chi connectivity index (χ1n) is 11.4. The molecule has 1 aliphatic heterocycles. The number of hydrogen-bond acceptors (Lipinski definition) is 9. The topological polar surface area (TPSA) is 128 Å². The number of esters is 2. The van der Waals surface area contributed by atoms with Crippen LogP contribution in [0.5, 0.6) is 0 Å². The van der Waals surface area contributed by atoms with Crippen LogP contribution in [0.3, 0.4) is 0 Å². The van der Waals surface area contributed by atoms with Crippen LogP contribution >= 0.6 is 22.9 Å². The largest absolute Gasteiger partial charge is 0.462 e. The molecular formula is C23H25ClN2O8S2. The van der Waals surface area contributed by atoms with Crippen molar-refractivity contribution < 1.29 is 37.0 Å². The third kappa shape index (κ3) is 5.57. The number of morpholine rings is 1. The summed E-state index contributed by atoms with van der Waals surface area (Å²) in [6.07, 6.45) is 2.49. The molecule has 36 heavy (non-hydrogen) atoms. The molecule has 194 valence electrons. The lowest BCUT2D eigenvalue weighted by Gasteiger charge is -2.26. The molecule has 1 N–H and O–H groups in total. The van der Waals surface area contributed by atoms with Crippen molar-refractivity contribution >= 4 is 55.8 Å². The standard InChI is InChI=1S/C23H25ClN2O8S2/c1-2-33-23(29)20-15-4-3-5-17(15)35-21(20)25-19(27)13-34-22(28)14-6-7-16(24)18(12-14)36(30,31)26-8-10-32-11-9-26/h6-7,12H,2-5,8-11,13H2,1H3,(H,25,27). The second-order valence-electron chi connectivity index (χ2n) is 8.07. The maximum atomic E-state index is 13.0. The maximum absolute atomic E-state index is 13.0. The van der Waals surface area contributed by atoms with Gasteiger partial charge < -0.3 is 19.5 Å². The Kier molecular flexibility index (Phi) is 8.30. The highest BCUT2D eigenvalue weighted by Crippen LogP contribution is 2.39. The van der Waals surface area contributed by atoms with Crippen LogP contribution in [0, 0.1) is 0 Å². The maximum Gasteiger partial charge on any atom is 0.341 e. The van der Waals surface area contributed by atoms with Gasteiger partial charge in [-0.05, 0) is 49.9 Å². The predicted molar refractivity (Wildman–Crippen MR) is 132 cm³/mol. The Hall–Kier alpha value is -2.51. The molecule has 0 saturated carbocycles. The first-order chi connectivity index (χ1) is 17.2. The predicted octanol–water partition coefficient (Wildman–Crippen LogP) is 2.88. The number of rotatable bonds is 8. The summed E-state index contributed by atoms with van der Waals surface area (Å²) in [6.45, 7) is 2.16. The highest BCUT2D eigenvalue weighted by Gasteiger charge is 2.30. The highest BCUT2D eigenvalue weighted by atomic mass is 35.5. The monoisotopic (exact) mass is 556 g/mol. The molecule has 1 aromatic heterocycles. The zero-order chi connectivity index (χ0) is 25.9. The van der Waals surface area contributed by atoms with Crippen molar-refractivity contribution in [3.05, 3.63) is 44.8 Å². The molecular weight excluding hydrogens is 532 g/mol. The van der Waals surface area contributed by atoms with Gasteiger partial charge in [-0.15, -0.1) is 11.3 Å². The lowest BCUT2D eigenvalue weighted by atomic mass is 10.1. The lowest BCUT2D eigenvalue weighted by molar-refractivity contribution is -0.119. The minimum Gasteiger partial charge on any atom is -0.462 e. The molecule has 0 bridgehead atoms. The van der Waals surface area contributed by atoms with Gasteiger partial charge in [0.15, 0.2) is 6.61 Å². The van der Waals surface area contributed by atoms with Gasteiger partial charge in [-0.25, -0.2) is 18.0 Å². The van der Waals surface area contributed by atoms with E-state index in [9.17, 15) is 22.8 Å². The highest BCUT2D eigenvalue weighted by molar-refractivity contribution is 7.89. The molecule has 0 atom stereocenters. The molecule has 0 spiro atoms. The van der Waals surface area contributed by atoms with Crippen LogP contribution in [0.15, 0.2) is 23.1 Å². The molecule has 2 aliphatic rings. The van der Waals surface area contributed by atoms with Gasteiger partial charge >= 0.3 is 11.9 Å². The quantitative estimate of drug-likeness (QED) is 0.492. The van der Waals surface area contributed by atoms with Crippen LogP contribution in [0.1, 0.15) is 44.5 Å². The van der Waals surface area contributed by atoms with Crippen molar-refractivity contribution in [2.75, 3.05) is 44.8 Å². The molecule has 1 fully saturated rings. The number of amides is 1. The molecule has 2 aromatic rings. The van der Waals surface area contributed by atoms with E-state index < -0.39 is 34.5 Å². The number of fused-ring (bicyclic) bond motifs is 1. The number of anilines is 1. The molecule has 0 unspecified atom stereocenters. The van der Waals surface area contributed by atoms with Crippen LogP contribution in [-0.2, 0) is 41.9 Å². The number of thiophene rings is 1. The second kappa shape index (κ2) is 11.3. The Labute approximate surface area is 217 Å². The zero-order valence-corrected chi connectivity index (χ0v) is 21.9. The Morgan fingerprint density at radius 1 is 1.14 bits per heavy atom. The fourth-order valence-electron chi connectivity index (χ4n) is 4.04. The van der Waals surface area contributed by atoms with Gasteiger partial charge in [0.2, 0.25) is 10.0 Å². The number of benzene rings is 1. The smallest absolute Gasteiger partial charge is 0.341 e. The van der Waals surface area contributed by atoms with Crippen molar-refractivity contribution in [2.24, 2.45) is 0 Å². The summed E-state index contributed by atoms with van der Waals surface area (Å²) in [5.74, 6) is -2.03. The number of nitrogens with zero attached hydrogens (tertiary/aromatic N) is 1. The van der Waals surface area contributed by atoms with Crippen molar-refractivity contribution in [2.45, 2.75) is 31.1 Å². The van der Waals surface area contributed by atoms with Crippen molar-refractivity contribution in [3.8, 4) is 0 Å². The number of carbonyl (C=O) groups excluding carboxylic acids is 3. The van der Waals surface area contributed by atoms with Crippen molar-refractivity contribution in [3.63, 3.8) is 0 Å². The zero-order valence-electron chi connectivity index (χ0n) is 19.5. The van der Waals surface area contributed by atoms with E-state index in [1.54, 1.807) is 6.92 Å². The normalized spacial score (nSPS) is 15.8. The Balaban J connectivity index is 1.43. The van der Waals surface area contributed by atoms with Gasteiger partial charge in [-0.2, -0.15) is 4.31 Å². The summed E-state index contributed by atoms with van der Waals surface area (Å²) in [5.41, 5.74) is 1.17. The van der Waals surface area contributed by atoms with Gasteiger partial charge in [0.25, 0.3) is 5.91 Å². The van der Waals surface area contributed by atoms with Gasteiger partial charge in [0, 0.05) is 18.0 Å². The number of hydrogen-bond donors (Lipinski definition) is 1. The molecule has 2 heterocycles. The summed E-state index contributed by atoms with van der Waals surface area (Å²) in [6, 6.07) is 3.75. The second-order valence-corrected chi connectivity index (χ2v) is 11.5. The first kappa shape index (κ1) is 26.6. The Bertz CT molecular complexity index is 1290. The Morgan fingerprint density at radius 3 is 2.61 bits per heavy atom. The third-order valence-electron chi connectivity index (χ3n) is 5.74. The average molecular weight is 557 g/mol. The number of carbonyl (C=O) groups is 3. The minimum atomic E-state index is -3.95. The molecule has 1 amide bonds. The van der Waals surface area contributed by atoms with E-state index in [1.807, 2.05) is 0 Å².